The quantitative estimate of drug-likeness (QED) is 0.103. The number of nitrogens with one attached hydrogen (secondary N) is 2. The minimum absolute atomic E-state index is 0.0215. The fourth-order valence-electron chi connectivity index (χ4n) is 11.2. The van der Waals surface area contributed by atoms with E-state index in [-0.39, 0.29) is 66.1 Å². The van der Waals surface area contributed by atoms with Crippen molar-refractivity contribution in [2.24, 2.45) is 41.4 Å². The molecule has 0 aromatic heterocycles. The Kier molecular flexibility index (Phi) is 16.3. The minimum atomic E-state index is -1.42. The molecule has 2 spiro atoms. The number of ether oxygens (including phenoxy) is 6. The fraction of sp³-hybridized carbons (Fsp3) is 0.854. The van der Waals surface area contributed by atoms with Crippen LogP contribution in [0.1, 0.15) is 140 Å². The van der Waals surface area contributed by atoms with Crippen LogP contribution in [0.5, 0.6) is 0 Å². The lowest BCUT2D eigenvalue weighted by Gasteiger charge is -2.54. The number of amides is 2. The molecule has 0 unspecified atom stereocenters. The summed E-state index contributed by atoms with van der Waals surface area (Å²) >= 11 is 0. The molecule has 0 aromatic rings. The summed E-state index contributed by atoms with van der Waals surface area (Å²) in [4.78, 5) is 40.6. The van der Waals surface area contributed by atoms with Gasteiger partial charge in [0.2, 0.25) is 11.7 Å². The number of terminal acetylenes is 1. The van der Waals surface area contributed by atoms with Crippen LogP contribution in [0.25, 0.3) is 0 Å². The van der Waals surface area contributed by atoms with Crippen LogP contribution in [-0.2, 0) is 38.0 Å². The zero-order chi connectivity index (χ0) is 45.1. The van der Waals surface area contributed by atoms with E-state index in [4.69, 9.17) is 34.8 Å². The molecule has 2 amide bonds. The van der Waals surface area contributed by atoms with Crippen molar-refractivity contribution < 1.29 is 53.0 Å². The van der Waals surface area contributed by atoms with Gasteiger partial charge in [0.25, 0.3) is 0 Å². The summed E-state index contributed by atoms with van der Waals surface area (Å²) in [6.45, 7) is 22.2. The van der Waals surface area contributed by atoms with E-state index in [1.54, 1.807) is 6.92 Å². The maximum Gasteiger partial charge on any atom is 0.407 e. The molecule has 4 fully saturated rings. The fourth-order valence-corrected chi connectivity index (χ4v) is 11.2. The van der Waals surface area contributed by atoms with Gasteiger partial charge in [-0.2, -0.15) is 0 Å². The van der Waals surface area contributed by atoms with Gasteiger partial charge in [-0.15, -0.1) is 6.42 Å². The Balaban J connectivity index is 1.36. The first-order valence-electron chi connectivity index (χ1n) is 23.5. The van der Waals surface area contributed by atoms with Gasteiger partial charge in [0.1, 0.15) is 5.78 Å². The molecule has 4 saturated heterocycles. The van der Waals surface area contributed by atoms with E-state index >= 15 is 0 Å². The van der Waals surface area contributed by atoms with E-state index in [2.05, 4.69) is 37.3 Å². The van der Waals surface area contributed by atoms with Crippen molar-refractivity contribution in [3.63, 3.8) is 0 Å². The molecule has 0 aliphatic carbocycles. The number of aliphatic hydroxyl groups is 2. The molecular weight excluding hydrogens is 781 g/mol. The Labute approximate surface area is 365 Å². The monoisotopic (exact) mass is 859 g/mol. The van der Waals surface area contributed by atoms with E-state index in [0.717, 1.165) is 12.8 Å². The molecule has 0 radical (unpaired) electrons. The third kappa shape index (κ3) is 10.1. The highest BCUT2D eigenvalue weighted by Gasteiger charge is 2.64. The highest BCUT2D eigenvalue weighted by molar-refractivity contribution is 5.84. The number of hydrogen-bond donors (Lipinski definition) is 4. The van der Waals surface area contributed by atoms with E-state index in [1.807, 2.05) is 60.6 Å². The van der Waals surface area contributed by atoms with Crippen molar-refractivity contribution in [3.8, 4) is 12.3 Å². The van der Waals surface area contributed by atoms with E-state index in [1.165, 1.54) is 0 Å². The summed E-state index contributed by atoms with van der Waals surface area (Å²) in [5.41, 5.74) is -1.73. The predicted molar refractivity (Wildman–Crippen MR) is 231 cm³/mol. The average molecular weight is 859 g/mol. The molecule has 5 aliphatic rings. The zero-order valence-electron chi connectivity index (χ0n) is 38.9. The zero-order valence-corrected chi connectivity index (χ0v) is 38.9. The molecule has 13 nitrogen and oxygen atoms in total. The topological polar surface area (TPSA) is 171 Å². The summed E-state index contributed by atoms with van der Waals surface area (Å²) in [5.74, 6) is -2.58. The van der Waals surface area contributed by atoms with Gasteiger partial charge in [-0.1, -0.05) is 61.3 Å². The van der Waals surface area contributed by atoms with Crippen molar-refractivity contribution in [2.45, 2.75) is 206 Å². The van der Waals surface area contributed by atoms with Crippen LogP contribution in [0.15, 0.2) is 12.2 Å². The largest absolute Gasteiger partial charge is 0.436 e. The van der Waals surface area contributed by atoms with Crippen molar-refractivity contribution in [1.82, 2.24) is 10.6 Å². The number of aliphatic hydroxyl groups excluding tert-OH is 1. The first-order valence-corrected chi connectivity index (χ1v) is 23.5. The number of alkyl carbamates (subject to hydrolysis) is 1. The van der Waals surface area contributed by atoms with Gasteiger partial charge in [-0.3, -0.25) is 9.59 Å². The van der Waals surface area contributed by atoms with E-state index in [9.17, 15) is 24.6 Å². The number of ketones is 1. The molecule has 5 heterocycles. The molecule has 61 heavy (non-hydrogen) atoms. The van der Waals surface area contributed by atoms with Crippen LogP contribution in [-0.4, -0.2) is 107 Å². The molecule has 0 aromatic carbocycles. The van der Waals surface area contributed by atoms with Crippen LogP contribution in [0, 0.1) is 53.8 Å². The molecule has 0 bridgehead atoms. The number of hydrogen-bond acceptors (Lipinski definition) is 11. The second-order valence-corrected chi connectivity index (χ2v) is 19.4. The lowest BCUT2D eigenvalue weighted by molar-refractivity contribution is -0.408. The van der Waals surface area contributed by atoms with Gasteiger partial charge in [-0.05, 0) is 103 Å². The van der Waals surface area contributed by atoms with Crippen LogP contribution in [0.2, 0.25) is 0 Å². The molecule has 18 atom stereocenters. The lowest BCUT2D eigenvalue weighted by atomic mass is 9.72. The molecule has 346 valence electrons. The number of carbonyl (C=O) groups is 3. The van der Waals surface area contributed by atoms with Crippen molar-refractivity contribution in [2.75, 3.05) is 13.1 Å². The van der Waals surface area contributed by atoms with Gasteiger partial charge >= 0.3 is 6.09 Å². The summed E-state index contributed by atoms with van der Waals surface area (Å²) < 4.78 is 40.4. The molecule has 0 saturated carbocycles. The standard InChI is InChI=1S/C48H78N2O11/c1-13-26-50-43(53)34(14-2)36-19-18-28(6)41(57-36)32(10)39(51)31(9)40(52)35(15-3)42-29(7)27-30(8)47(59-42)23-21-38(58-44(54)49-17-5)48(61-47)25-24-45(12,60-48)37-20-22-46(55,16-4)33(11)56-37/h1,21,23,28-39,41-42,51,55H,14-20,22,24-27H2,2-12H3,(H,49,54)(H,50,53)/t28-,29-,30+,31-,32-,33-,34+,35-,36+,37+,38+,39+,41+,42-,45-,46+,47-,48-/m0/s1. The third-order valence-corrected chi connectivity index (χ3v) is 15.4. The smallest absolute Gasteiger partial charge is 0.407 e. The van der Waals surface area contributed by atoms with Crippen molar-refractivity contribution in [1.29, 1.82) is 0 Å². The number of carbonyl (C=O) groups excluding carboxylic acids is 3. The first kappa shape index (κ1) is 49.4. The Morgan fingerprint density at radius 3 is 2.25 bits per heavy atom. The second kappa shape index (κ2) is 20.1. The summed E-state index contributed by atoms with van der Waals surface area (Å²) in [7, 11) is 0. The number of rotatable bonds is 15. The molecule has 13 heteroatoms. The first-order chi connectivity index (χ1) is 28.8. The van der Waals surface area contributed by atoms with E-state index in [0.29, 0.717) is 57.9 Å². The summed E-state index contributed by atoms with van der Waals surface area (Å²) in [5, 5.41) is 28.7. The molecule has 4 N–H and O–H groups in total. The maximum atomic E-state index is 14.7. The maximum absolute atomic E-state index is 14.7. The molecular formula is C48H78N2O11. The van der Waals surface area contributed by atoms with Crippen molar-refractivity contribution in [3.05, 3.63) is 12.2 Å². The SMILES string of the molecule is C#CCNC(=O)[C@H](CC)[C@H]1CC[C@H](C)[C@H]([C@@H](C)[C@H](O)[C@H](C)C(=O)[C@H](CC)[C@H]2O[C@]3(C=C[C@@H](OC(=O)NCC)[C@]4(CC[C@@](C)([C@H]5CC[C@](O)(CC)[C@H](C)O5)O4)O3)[C@H](C)C[C@@H]2C)O1. The van der Waals surface area contributed by atoms with Gasteiger partial charge in [-0.25, -0.2) is 4.79 Å². The van der Waals surface area contributed by atoms with Crippen LogP contribution >= 0.6 is 0 Å². The van der Waals surface area contributed by atoms with Gasteiger partial charge in [0, 0.05) is 36.6 Å². The predicted octanol–water partition coefficient (Wildman–Crippen LogP) is 6.61. The molecule has 5 aliphatic heterocycles. The van der Waals surface area contributed by atoms with Crippen molar-refractivity contribution >= 4 is 17.8 Å². The molecule has 5 rings (SSSR count). The normalized spacial score (nSPS) is 41.3. The second-order valence-electron chi connectivity index (χ2n) is 19.4. The highest BCUT2D eigenvalue weighted by atomic mass is 16.8. The van der Waals surface area contributed by atoms with Gasteiger partial charge < -0.3 is 49.3 Å². The van der Waals surface area contributed by atoms with Crippen LogP contribution in [0.4, 0.5) is 4.79 Å². The van der Waals surface area contributed by atoms with Crippen LogP contribution in [0.3, 0.4) is 0 Å². The Bertz CT molecular complexity index is 1600. The summed E-state index contributed by atoms with van der Waals surface area (Å²) in [6.07, 6.45) is 10.6. The van der Waals surface area contributed by atoms with Gasteiger partial charge in [0.05, 0.1) is 60.3 Å². The Morgan fingerprint density at radius 1 is 0.918 bits per heavy atom. The van der Waals surface area contributed by atoms with Crippen LogP contribution < -0.4 is 10.6 Å². The average Bonchev–Trinajstić information content (AvgIpc) is 3.58. The van der Waals surface area contributed by atoms with E-state index < -0.39 is 65.1 Å². The van der Waals surface area contributed by atoms with Gasteiger partial charge in [0.15, 0.2) is 11.9 Å². The third-order valence-electron chi connectivity index (χ3n) is 15.4. The highest BCUT2D eigenvalue weighted by Crippen LogP contribution is 2.54. The Hall–Kier alpha value is -2.57. The summed E-state index contributed by atoms with van der Waals surface area (Å²) in [6, 6.07) is 0. The minimum Gasteiger partial charge on any atom is -0.436 e. The lowest BCUT2D eigenvalue weighted by Crippen LogP contribution is -2.63. The Morgan fingerprint density at radius 2 is 1.62 bits per heavy atom. The number of Topliss-reactive ketones (excluding diaryl/α,β-unsaturated/α-hetero) is 1.